The van der Waals surface area contributed by atoms with E-state index < -0.39 is 11.8 Å². The van der Waals surface area contributed by atoms with Crippen LogP contribution < -0.4 is 5.32 Å². The normalized spacial score (nSPS) is 15.3. The minimum Gasteiger partial charge on any atom is -0.465 e. The minimum atomic E-state index is -0.647. The number of nitrogens with one attached hydrogen (secondary N) is 1. The lowest BCUT2D eigenvalue weighted by atomic mass is 10.0. The van der Waals surface area contributed by atoms with Crippen LogP contribution in [-0.4, -0.2) is 28.3 Å². The van der Waals surface area contributed by atoms with E-state index in [2.05, 4.69) is 15.0 Å². The number of hydrogen-bond acceptors (Lipinski definition) is 7. The van der Waals surface area contributed by atoms with Gasteiger partial charge < -0.3 is 14.5 Å². The summed E-state index contributed by atoms with van der Waals surface area (Å²) in [5.74, 6) is -1.10. The van der Waals surface area contributed by atoms with Gasteiger partial charge in [0.25, 0.3) is 5.91 Å². The molecule has 1 saturated heterocycles. The van der Waals surface area contributed by atoms with E-state index in [1.807, 2.05) is 0 Å². The molecule has 140 valence electrons. The summed E-state index contributed by atoms with van der Waals surface area (Å²) >= 11 is 6.11. The number of esters is 1. The van der Waals surface area contributed by atoms with Gasteiger partial charge in [-0.15, -0.1) is 0 Å². The Morgan fingerprint density at radius 1 is 1.32 bits per heavy atom. The lowest BCUT2D eigenvalue weighted by Gasteiger charge is -2.05. The number of thiocarbonyl (C=S) groups is 1. The van der Waals surface area contributed by atoms with Gasteiger partial charge in [0.2, 0.25) is 0 Å². The molecule has 2 aromatic heterocycles. The molecule has 4 rings (SSSR count). The number of thioether (sulfide) groups is 1. The summed E-state index contributed by atoms with van der Waals surface area (Å²) in [7, 11) is 1.23. The quantitative estimate of drug-likeness (QED) is 0.395. The highest BCUT2D eigenvalue weighted by molar-refractivity contribution is 8.26. The Morgan fingerprint density at radius 2 is 2.14 bits per heavy atom. The maximum Gasteiger partial charge on any atom is 0.337 e. The number of nitrogens with zero attached hydrogens (tertiary/aromatic N) is 1. The van der Waals surface area contributed by atoms with E-state index in [0.29, 0.717) is 37.1 Å². The molecule has 6 nitrogen and oxygen atoms in total. The first-order valence-corrected chi connectivity index (χ1v) is 9.19. The van der Waals surface area contributed by atoms with Crippen LogP contribution in [0.2, 0.25) is 0 Å². The Balaban J connectivity index is 1.81. The largest absolute Gasteiger partial charge is 0.465 e. The summed E-state index contributed by atoms with van der Waals surface area (Å²) in [5.41, 5.74) is 1.46. The number of rotatable bonds is 3. The van der Waals surface area contributed by atoms with Crippen molar-refractivity contribution >= 4 is 57.2 Å². The van der Waals surface area contributed by atoms with Crippen molar-refractivity contribution in [3.05, 3.63) is 58.7 Å². The van der Waals surface area contributed by atoms with Crippen molar-refractivity contribution in [2.24, 2.45) is 0 Å². The lowest BCUT2D eigenvalue weighted by Crippen LogP contribution is -2.17. The third kappa shape index (κ3) is 3.41. The fourth-order valence-corrected chi connectivity index (χ4v) is 3.81. The third-order valence-corrected chi connectivity index (χ3v) is 5.15. The molecule has 0 bridgehead atoms. The van der Waals surface area contributed by atoms with Gasteiger partial charge >= 0.3 is 5.97 Å². The first kappa shape index (κ1) is 18.3. The zero-order valence-corrected chi connectivity index (χ0v) is 15.9. The van der Waals surface area contributed by atoms with Crippen LogP contribution in [0.5, 0.6) is 0 Å². The molecule has 0 radical (unpaired) electrons. The summed E-state index contributed by atoms with van der Waals surface area (Å²) < 4.78 is 25.0. The number of furan rings is 1. The van der Waals surface area contributed by atoms with E-state index in [1.165, 1.54) is 25.4 Å². The smallest absolute Gasteiger partial charge is 0.337 e. The van der Waals surface area contributed by atoms with Crippen molar-refractivity contribution in [3.8, 4) is 11.1 Å². The number of carbonyl (C=O) groups is 2. The van der Waals surface area contributed by atoms with Crippen LogP contribution in [0.4, 0.5) is 4.39 Å². The highest BCUT2D eigenvalue weighted by atomic mass is 32.2. The van der Waals surface area contributed by atoms with E-state index in [1.54, 1.807) is 18.3 Å². The van der Waals surface area contributed by atoms with E-state index in [4.69, 9.17) is 16.6 Å². The van der Waals surface area contributed by atoms with Crippen molar-refractivity contribution < 1.29 is 23.1 Å². The van der Waals surface area contributed by atoms with Crippen molar-refractivity contribution in [3.63, 3.8) is 0 Å². The van der Waals surface area contributed by atoms with Gasteiger partial charge in [0, 0.05) is 29.4 Å². The molecule has 0 saturated carbocycles. The predicted octanol–water partition coefficient (Wildman–Crippen LogP) is 3.91. The molecule has 1 aromatic carbocycles. The van der Waals surface area contributed by atoms with Crippen LogP contribution >= 0.6 is 24.0 Å². The van der Waals surface area contributed by atoms with Crippen molar-refractivity contribution in [1.29, 1.82) is 0 Å². The molecule has 3 aromatic rings. The van der Waals surface area contributed by atoms with Crippen molar-refractivity contribution in [1.82, 2.24) is 10.3 Å². The van der Waals surface area contributed by atoms with E-state index >= 15 is 0 Å². The minimum absolute atomic E-state index is 0.0796. The topological polar surface area (TPSA) is 81.4 Å². The molecular weight excluding hydrogens is 403 g/mol. The summed E-state index contributed by atoms with van der Waals surface area (Å²) in [6.07, 6.45) is 4.69. The zero-order chi connectivity index (χ0) is 19.8. The number of pyridine rings is 1. The van der Waals surface area contributed by atoms with Crippen LogP contribution in [0, 0.1) is 5.82 Å². The molecule has 9 heteroatoms. The van der Waals surface area contributed by atoms with Crippen LogP contribution in [-0.2, 0) is 9.53 Å². The number of benzene rings is 1. The number of ether oxygens (including phenoxy) is 1. The van der Waals surface area contributed by atoms with Gasteiger partial charge in [-0.1, -0.05) is 24.0 Å². The third-order valence-electron chi connectivity index (χ3n) is 3.99. The number of methoxy groups -OCH3 is 1. The van der Waals surface area contributed by atoms with Crippen LogP contribution in [0.15, 0.2) is 46.0 Å². The molecule has 28 heavy (non-hydrogen) atoms. The van der Waals surface area contributed by atoms with Crippen LogP contribution in [0.1, 0.15) is 16.1 Å². The maximum atomic E-state index is 14.0. The molecule has 1 amide bonds. The van der Waals surface area contributed by atoms with Crippen molar-refractivity contribution in [2.45, 2.75) is 0 Å². The van der Waals surface area contributed by atoms with Crippen molar-refractivity contribution in [2.75, 3.05) is 7.11 Å². The maximum absolute atomic E-state index is 14.0. The SMILES string of the molecule is COC(=O)c1cc(F)cc(-c2cncc3cc(C=C4SC(=S)NC4=O)oc23)c1. The fourth-order valence-electron chi connectivity index (χ4n) is 2.79. The average molecular weight is 414 g/mol. The van der Waals surface area contributed by atoms with Crippen LogP contribution in [0.25, 0.3) is 28.2 Å². The Morgan fingerprint density at radius 3 is 2.86 bits per heavy atom. The van der Waals surface area contributed by atoms with Gasteiger partial charge in [0.05, 0.1) is 17.6 Å². The predicted molar refractivity (Wildman–Crippen MR) is 107 cm³/mol. The molecule has 0 unspecified atom stereocenters. The first-order valence-electron chi connectivity index (χ1n) is 7.96. The van der Waals surface area contributed by atoms with Crippen LogP contribution in [0.3, 0.4) is 0 Å². The number of carbonyl (C=O) groups excluding carboxylic acids is 2. The lowest BCUT2D eigenvalue weighted by molar-refractivity contribution is -0.115. The Kier molecular flexibility index (Phi) is 4.70. The van der Waals surface area contributed by atoms with Gasteiger partial charge in [-0.3, -0.25) is 9.78 Å². The molecule has 0 spiro atoms. The number of aromatic nitrogens is 1. The Hall–Kier alpha value is -3.04. The van der Waals surface area contributed by atoms with Gasteiger partial charge in [-0.25, -0.2) is 9.18 Å². The summed E-state index contributed by atoms with van der Waals surface area (Å²) in [5, 5.41) is 3.20. The average Bonchev–Trinajstić information content (AvgIpc) is 3.22. The molecule has 0 atom stereocenters. The summed E-state index contributed by atoms with van der Waals surface area (Å²) in [6, 6.07) is 5.60. The molecule has 1 aliphatic rings. The molecule has 1 N–H and O–H groups in total. The Bertz CT molecular complexity index is 1190. The first-order chi connectivity index (χ1) is 13.4. The summed E-state index contributed by atoms with van der Waals surface area (Å²) in [6.45, 7) is 0. The van der Waals surface area contributed by atoms with E-state index in [-0.39, 0.29) is 11.5 Å². The van der Waals surface area contributed by atoms with E-state index in [9.17, 15) is 14.0 Å². The number of fused-ring (bicyclic) bond motifs is 1. The standard InChI is InChI=1S/C19H11FN2O4S2/c1-25-18(24)10-2-9(3-12(20)4-10)14-8-21-7-11-5-13(26-16(11)14)6-15-17(23)22-19(27)28-15/h2-8H,1H3,(H,22,23,27). The monoisotopic (exact) mass is 414 g/mol. The number of amides is 1. The second kappa shape index (κ2) is 7.17. The van der Waals surface area contributed by atoms with Gasteiger partial charge in [0.1, 0.15) is 21.5 Å². The molecule has 1 fully saturated rings. The Labute approximate surface area is 167 Å². The van der Waals surface area contributed by atoms with Gasteiger partial charge in [-0.2, -0.15) is 0 Å². The van der Waals surface area contributed by atoms with Gasteiger partial charge in [0.15, 0.2) is 0 Å². The highest BCUT2D eigenvalue weighted by Gasteiger charge is 2.23. The van der Waals surface area contributed by atoms with Gasteiger partial charge in [-0.05, 0) is 29.8 Å². The zero-order valence-electron chi connectivity index (χ0n) is 14.3. The molecular formula is C19H11FN2O4S2. The second-order valence-corrected chi connectivity index (χ2v) is 7.55. The molecule has 3 heterocycles. The second-order valence-electron chi connectivity index (χ2n) is 5.83. The molecule has 1 aliphatic heterocycles. The highest BCUT2D eigenvalue weighted by Crippen LogP contribution is 2.33. The fraction of sp³-hybridized carbons (Fsp3) is 0.0526. The molecule has 0 aliphatic carbocycles. The summed E-state index contributed by atoms with van der Waals surface area (Å²) in [4.78, 5) is 28.2. The number of hydrogen-bond donors (Lipinski definition) is 1. The van der Waals surface area contributed by atoms with E-state index in [0.717, 1.165) is 17.8 Å². The number of halogens is 1.